The van der Waals surface area contributed by atoms with Gasteiger partial charge in [0.25, 0.3) is 0 Å². The first kappa shape index (κ1) is 34.2. The van der Waals surface area contributed by atoms with E-state index in [0.29, 0.717) is 5.92 Å². The zero-order valence-corrected chi connectivity index (χ0v) is 35.1. The molecular weight excluding hydrogens is 761 g/mol. The molecule has 58 heavy (non-hydrogen) atoms. The monoisotopic (exact) mass is 800 g/mol. The summed E-state index contributed by atoms with van der Waals surface area (Å²) in [6.07, 6.45) is 4.97. The Morgan fingerprint density at radius 2 is 1.14 bits per heavy atom. The second-order valence-electron chi connectivity index (χ2n) is 16.2. The van der Waals surface area contributed by atoms with Crippen molar-refractivity contribution < 1.29 is 0 Å². The molecule has 0 spiro atoms. The summed E-state index contributed by atoms with van der Waals surface area (Å²) in [5.41, 5.74) is 13.8. The van der Waals surface area contributed by atoms with Gasteiger partial charge in [0.05, 0.1) is 42.5 Å². The van der Waals surface area contributed by atoms with Crippen LogP contribution in [0.1, 0.15) is 48.3 Å². The van der Waals surface area contributed by atoms with E-state index in [4.69, 9.17) is 9.97 Å². The molecule has 0 radical (unpaired) electrons. The van der Waals surface area contributed by atoms with Crippen molar-refractivity contribution in [1.82, 2.24) is 18.8 Å². The van der Waals surface area contributed by atoms with E-state index in [9.17, 15) is 0 Å². The summed E-state index contributed by atoms with van der Waals surface area (Å²) < 4.78 is 7.41. The molecule has 0 bridgehead atoms. The predicted molar refractivity (Wildman–Crippen MR) is 249 cm³/mol. The molecule has 4 aromatic heterocycles. The maximum atomic E-state index is 5.34. The zero-order chi connectivity index (χ0) is 38.5. The summed E-state index contributed by atoms with van der Waals surface area (Å²) in [6.45, 7) is 4.43. The predicted octanol–water partition coefficient (Wildman–Crippen LogP) is 11.0. The number of aryl methyl sites for hydroxylation is 2. The molecule has 1 aliphatic carbocycles. The SMILES string of the molecule is Cc1cccc2c1nc1sc3ccc([Si](c4ccccc4)(c4ccccc4)c4cccc(-c5cc(C)c6nc7sc8ccccc8n7c6c5C5CCCC5)c4)cc3n12. The van der Waals surface area contributed by atoms with Crippen LogP contribution in [0.2, 0.25) is 0 Å². The third-order valence-electron chi connectivity index (χ3n) is 12.9. The van der Waals surface area contributed by atoms with E-state index in [1.165, 1.54) is 106 Å². The van der Waals surface area contributed by atoms with Gasteiger partial charge >= 0.3 is 0 Å². The molecule has 1 aliphatic rings. The molecule has 0 atom stereocenters. The Labute approximate surface area is 345 Å². The van der Waals surface area contributed by atoms with E-state index < -0.39 is 8.07 Å². The zero-order valence-electron chi connectivity index (χ0n) is 32.4. The van der Waals surface area contributed by atoms with Gasteiger partial charge in [0.2, 0.25) is 0 Å². The molecule has 0 amide bonds. The van der Waals surface area contributed by atoms with E-state index in [1.54, 1.807) is 22.7 Å². The number of nitrogens with zero attached hydrogens (tertiary/aromatic N) is 4. The van der Waals surface area contributed by atoms with Crippen molar-refractivity contribution >= 4 is 104 Å². The smallest absolute Gasteiger partial charge is 0.195 e. The van der Waals surface area contributed by atoms with E-state index in [0.717, 1.165) is 21.0 Å². The van der Waals surface area contributed by atoms with Gasteiger partial charge in [0.1, 0.15) is 0 Å². The molecule has 0 aliphatic heterocycles. The van der Waals surface area contributed by atoms with Gasteiger partial charge in [-0.05, 0) is 118 Å². The van der Waals surface area contributed by atoms with Crippen molar-refractivity contribution in [2.24, 2.45) is 0 Å². The van der Waals surface area contributed by atoms with Gasteiger partial charge in [-0.15, -0.1) is 0 Å². The number of thiazole rings is 2. The Morgan fingerprint density at radius 3 is 1.91 bits per heavy atom. The van der Waals surface area contributed by atoms with Crippen LogP contribution in [0.25, 0.3) is 63.5 Å². The third-order valence-corrected chi connectivity index (χ3v) is 19.7. The van der Waals surface area contributed by atoms with Crippen molar-refractivity contribution in [3.05, 3.63) is 168 Å². The Balaban J connectivity index is 1.16. The highest BCUT2D eigenvalue weighted by Crippen LogP contribution is 2.45. The van der Waals surface area contributed by atoms with Crippen LogP contribution in [0.5, 0.6) is 0 Å². The Morgan fingerprint density at radius 1 is 0.517 bits per heavy atom. The molecule has 280 valence electrons. The number of hydrogen-bond donors (Lipinski definition) is 0. The van der Waals surface area contributed by atoms with Gasteiger partial charge < -0.3 is 0 Å². The molecule has 11 aromatic rings. The van der Waals surface area contributed by atoms with E-state index in [2.05, 4.69) is 174 Å². The molecule has 4 heterocycles. The maximum absolute atomic E-state index is 5.34. The topological polar surface area (TPSA) is 34.6 Å². The minimum absolute atomic E-state index is 0.489. The summed E-state index contributed by atoms with van der Waals surface area (Å²) >= 11 is 3.59. The van der Waals surface area contributed by atoms with Crippen LogP contribution in [0.3, 0.4) is 0 Å². The van der Waals surface area contributed by atoms with Gasteiger partial charge in [0, 0.05) is 0 Å². The number of aromatic nitrogens is 4. The summed E-state index contributed by atoms with van der Waals surface area (Å²) in [4.78, 5) is 12.6. The standard InChI is InChI=1S/C51H40N4S2Si/c1-32-15-13-25-42-47(32)52-50-54(42)43-31-39(27-28-45(43)57-50)58(36-19-5-3-6-20-36,37-21-7-4-8-22-37)38-23-14-18-35(30-38)40-29-33(2)48-49(46(40)34-16-9-10-17-34)55-41-24-11-12-26-44(41)56-51(55)53-48/h3-8,11-15,18-31,34H,9-10,16-17H2,1-2H3. The van der Waals surface area contributed by atoms with Gasteiger partial charge in [-0.25, -0.2) is 9.97 Å². The van der Waals surface area contributed by atoms with Crippen LogP contribution in [0.15, 0.2) is 152 Å². The Hall–Kier alpha value is -5.86. The number of imidazole rings is 2. The van der Waals surface area contributed by atoms with Gasteiger partial charge in [-0.2, -0.15) is 0 Å². The lowest BCUT2D eigenvalue weighted by Crippen LogP contribution is -2.74. The quantitative estimate of drug-likeness (QED) is 0.124. The van der Waals surface area contributed by atoms with Crippen molar-refractivity contribution in [2.45, 2.75) is 45.4 Å². The average Bonchev–Trinajstić information content (AvgIpc) is 4.10. The lowest BCUT2D eigenvalue weighted by Gasteiger charge is -2.35. The maximum Gasteiger partial charge on any atom is 0.195 e. The van der Waals surface area contributed by atoms with Crippen LogP contribution in [0, 0.1) is 13.8 Å². The van der Waals surface area contributed by atoms with Crippen LogP contribution in [-0.4, -0.2) is 26.8 Å². The van der Waals surface area contributed by atoms with Crippen LogP contribution in [-0.2, 0) is 0 Å². The number of fused-ring (bicyclic) bond motifs is 10. The Bertz CT molecular complexity index is 3350. The van der Waals surface area contributed by atoms with E-state index in [-0.39, 0.29) is 0 Å². The van der Waals surface area contributed by atoms with Crippen molar-refractivity contribution in [3.63, 3.8) is 0 Å². The lowest BCUT2D eigenvalue weighted by molar-refractivity contribution is 0.729. The van der Waals surface area contributed by atoms with E-state index >= 15 is 0 Å². The van der Waals surface area contributed by atoms with Crippen molar-refractivity contribution in [2.75, 3.05) is 0 Å². The fraction of sp³-hybridized carbons (Fsp3) is 0.137. The van der Waals surface area contributed by atoms with Crippen molar-refractivity contribution in [1.29, 1.82) is 0 Å². The number of rotatable bonds is 6. The molecule has 0 N–H and O–H groups in total. The first-order valence-corrected chi connectivity index (χ1v) is 24.1. The van der Waals surface area contributed by atoms with Gasteiger partial charge in [0.15, 0.2) is 18.0 Å². The largest absolute Gasteiger partial charge is 0.283 e. The highest BCUT2D eigenvalue weighted by Gasteiger charge is 2.42. The number of benzene rings is 7. The number of para-hydroxylation sites is 2. The lowest BCUT2D eigenvalue weighted by atomic mass is 9.87. The third kappa shape index (κ3) is 4.90. The molecule has 7 heteroatoms. The second kappa shape index (κ2) is 13.1. The summed E-state index contributed by atoms with van der Waals surface area (Å²) in [5, 5.41) is 5.50. The molecule has 0 saturated heterocycles. The van der Waals surface area contributed by atoms with Crippen molar-refractivity contribution in [3.8, 4) is 11.1 Å². The Kier molecular flexibility index (Phi) is 7.71. The molecule has 12 rings (SSSR count). The van der Waals surface area contributed by atoms with Gasteiger partial charge in [-0.1, -0.05) is 151 Å². The minimum atomic E-state index is -2.92. The fourth-order valence-electron chi connectivity index (χ4n) is 10.3. The normalized spacial score (nSPS) is 14.0. The fourth-order valence-corrected chi connectivity index (χ4v) is 17.2. The van der Waals surface area contributed by atoms with Gasteiger partial charge in [-0.3, -0.25) is 8.80 Å². The first-order chi connectivity index (χ1) is 28.6. The van der Waals surface area contributed by atoms with E-state index in [1.807, 2.05) is 0 Å². The molecule has 1 fully saturated rings. The van der Waals surface area contributed by atoms with Crippen LogP contribution >= 0.6 is 22.7 Å². The first-order valence-electron chi connectivity index (χ1n) is 20.4. The minimum Gasteiger partial charge on any atom is -0.283 e. The highest BCUT2D eigenvalue weighted by molar-refractivity contribution is 7.24. The molecule has 1 saturated carbocycles. The van der Waals surface area contributed by atoms with Crippen LogP contribution < -0.4 is 20.7 Å². The number of hydrogen-bond acceptors (Lipinski definition) is 4. The summed E-state index contributed by atoms with van der Waals surface area (Å²) in [7, 11) is -2.92. The molecule has 7 aromatic carbocycles. The average molecular weight is 801 g/mol. The second-order valence-corrected chi connectivity index (χ2v) is 22.0. The molecular formula is C51H40N4S2Si. The highest BCUT2D eigenvalue weighted by atomic mass is 32.1. The molecule has 4 nitrogen and oxygen atoms in total. The molecule has 0 unspecified atom stereocenters. The summed E-state index contributed by atoms with van der Waals surface area (Å²) in [6, 6.07) is 57.5. The van der Waals surface area contributed by atoms with Crippen LogP contribution in [0.4, 0.5) is 0 Å². The summed E-state index contributed by atoms with van der Waals surface area (Å²) in [5.74, 6) is 0.489.